The van der Waals surface area contributed by atoms with Crippen molar-refractivity contribution in [3.8, 4) is 0 Å². The highest BCUT2D eigenvalue weighted by Gasteiger charge is 2.39. The molecule has 1 saturated heterocycles. The van der Waals surface area contributed by atoms with Crippen LogP contribution in [0.1, 0.15) is 11.1 Å². The molecule has 0 radical (unpaired) electrons. The van der Waals surface area contributed by atoms with Gasteiger partial charge in [-0.15, -0.1) is 6.58 Å². The first-order valence-electron chi connectivity index (χ1n) is 9.91. The van der Waals surface area contributed by atoms with Crippen LogP contribution in [0.4, 0.5) is 0 Å². The van der Waals surface area contributed by atoms with Crippen molar-refractivity contribution < 1.29 is 19.1 Å². The normalized spacial score (nSPS) is 22.4. The van der Waals surface area contributed by atoms with Crippen LogP contribution in [0.3, 0.4) is 0 Å². The minimum atomic E-state index is -0.317. The van der Waals surface area contributed by atoms with E-state index in [1.54, 1.807) is 6.08 Å². The van der Waals surface area contributed by atoms with E-state index in [1.807, 2.05) is 53.6 Å². The van der Waals surface area contributed by atoms with E-state index in [1.165, 1.54) is 0 Å². The number of hydrogen-bond acceptors (Lipinski definition) is 6. The Bertz CT molecular complexity index is 713. The van der Waals surface area contributed by atoms with E-state index in [0.29, 0.717) is 39.5 Å². The largest absolute Gasteiger partial charge is 0.376 e. The standard InChI is InChI=1S/C23H30N2O4/c1-2-13-28-25-14-21(18-26-16-19-9-5-3-6-10-19)23(22(15-25)29-24)27-17-20-11-7-4-8-12-20/h2-12,21-23H,1,13-18,24H2/t21-,22-,23-/m1/s1. The van der Waals surface area contributed by atoms with Gasteiger partial charge in [0.05, 0.1) is 39.1 Å². The molecule has 3 rings (SSSR count). The Hall–Kier alpha value is -2.06. The van der Waals surface area contributed by atoms with Crippen LogP contribution in [0.25, 0.3) is 0 Å². The summed E-state index contributed by atoms with van der Waals surface area (Å²) in [6.07, 6.45) is 1.21. The number of benzene rings is 2. The Morgan fingerprint density at radius 2 is 1.62 bits per heavy atom. The van der Waals surface area contributed by atoms with Crippen LogP contribution < -0.4 is 5.90 Å². The van der Waals surface area contributed by atoms with Gasteiger partial charge >= 0.3 is 0 Å². The molecular weight excluding hydrogens is 368 g/mol. The van der Waals surface area contributed by atoms with E-state index in [-0.39, 0.29) is 18.1 Å². The minimum Gasteiger partial charge on any atom is -0.376 e. The van der Waals surface area contributed by atoms with Crippen LogP contribution in [0.15, 0.2) is 73.3 Å². The van der Waals surface area contributed by atoms with Crippen molar-refractivity contribution in [3.05, 3.63) is 84.4 Å². The second-order valence-corrected chi connectivity index (χ2v) is 7.13. The third-order valence-electron chi connectivity index (χ3n) is 4.93. The highest BCUT2D eigenvalue weighted by molar-refractivity contribution is 5.14. The second kappa shape index (κ2) is 11.8. The van der Waals surface area contributed by atoms with Gasteiger partial charge in [-0.25, -0.2) is 5.90 Å². The first-order valence-corrected chi connectivity index (χ1v) is 9.91. The predicted octanol–water partition coefficient (Wildman–Crippen LogP) is 3.10. The van der Waals surface area contributed by atoms with Gasteiger partial charge in [-0.05, 0) is 11.1 Å². The summed E-state index contributed by atoms with van der Waals surface area (Å²) >= 11 is 0. The molecule has 6 heteroatoms. The SMILES string of the molecule is C=CCON1C[C@H](COCc2ccccc2)[C@@H](OCc2ccccc2)[C@H](ON)C1. The fourth-order valence-corrected chi connectivity index (χ4v) is 3.49. The van der Waals surface area contributed by atoms with Crippen molar-refractivity contribution in [1.29, 1.82) is 0 Å². The number of rotatable bonds is 11. The molecule has 1 fully saturated rings. The molecule has 0 bridgehead atoms. The molecule has 156 valence electrons. The van der Waals surface area contributed by atoms with Crippen LogP contribution >= 0.6 is 0 Å². The minimum absolute atomic E-state index is 0.0505. The lowest BCUT2D eigenvalue weighted by Crippen LogP contribution is -2.56. The lowest BCUT2D eigenvalue weighted by Gasteiger charge is -2.41. The van der Waals surface area contributed by atoms with Gasteiger partial charge in [0.15, 0.2) is 0 Å². The van der Waals surface area contributed by atoms with Crippen LogP contribution in [0, 0.1) is 5.92 Å². The lowest BCUT2D eigenvalue weighted by molar-refractivity contribution is -0.239. The van der Waals surface area contributed by atoms with Crippen LogP contribution in [-0.4, -0.2) is 43.6 Å². The van der Waals surface area contributed by atoms with Gasteiger partial charge in [0, 0.05) is 12.5 Å². The number of nitrogens with zero attached hydrogens (tertiary/aromatic N) is 1. The molecule has 0 saturated carbocycles. The Balaban J connectivity index is 1.63. The van der Waals surface area contributed by atoms with Gasteiger partial charge in [-0.1, -0.05) is 66.7 Å². The summed E-state index contributed by atoms with van der Waals surface area (Å²) in [5.41, 5.74) is 2.24. The quantitative estimate of drug-likeness (QED) is 0.463. The first-order chi connectivity index (χ1) is 14.3. The van der Waals surface area contributed by atoms with Crippen LogP contribution in [0.2, 0.25) is 0 Å². The van der Waals surface area contributed by atoms with Gasteiger partial charge < -0.3 is 9.47 Å². The molecule has 1 aliphatic rings. The molecule has 2 aromatic rings. The lowest BCUT2D eigenvalue weighted by atomic mass is 9.94. The maximum atomic E-state index is 6.25. The van der Waals surface area contributed by atoms with Gasteiger partial charge in [-0.3, -0.25) is 9.68 Å². The van der Waals surface area contributed by atoms with Gasteiger partial charge in [0.25, 0.3) is 0 Å². The molecule has 29 heavy (non-hydrogen) atoms. The first kappa shape index (κ1) is 21.6. The van der Waals surface area contributed by atoms with Crippen molar-refractivity contribution >= 4 is 0 Å². The summed E-state index contributed by atoms with van der Waals surface area (Å²) in [7, 11) is 0. The topological polar surface area (TPSA) is 66.2 Å². The smallest absolute Gasteiger partial charge is 0.120 e. The van der Waals surface area contributed by atoms with Crippen LogP contribution in [-0.2, 0) is 32.4 Å². The number of nitrogens with two attached hydrogens (primary N) is 1. The summed E-state index contributed by atoms with van der Waals surface area (Å²) in [6, 6.07) is 20.2. The maximum absolute atomic E-state index is 6.25. The summed E-state index contributed by atoms with van der Waals surface area (Å²) in [5, 5.41) is 1.86. The molecule has 0 spiro atoms. The van der Waals surface area contributed by atoms with Gasteiger partial charge in [0.2, 0.25) is 0 Å². The van der Waals surface area contributed by atoms with E-state index in [0.717, 1.165) is 11.1 Å². The molecule has 0 aromatic heterocycles. The summed E-state index contributed by atoms with van der Waals surface area (Å²) < 4.78 is 12.3. The zero-order valence-corrected chi connectivity index (χ0v) is 16.7. The molecule has 1 aliphatic heterocycles. The number of hydroxylamine groups is 2. The molecule has 3 atom stereocenters. The average Bonchev–Trinajstić information content (AvgIpc) is 2.78. The van der Waals surface area contributed by atoms with Crippen molar-refractivity contribution in [2.24, 2.45) is 11.8 Å². The van der Waals surface area contributed by atoms with E-state index in [4.69, 9.17) is 25.0 Å². The van der Waals surface area contributed by atoms with E-state index >= 15 is 0 Å². The predicted molar refractivity (Wildman–Crippen MR) is 111 cm³/mol. The third-order valence-corrected chi connectivity index (χ3v) is 4.93. The zero-order valence-electron chi connectivity index (χ0n) is 16.7. The van der Waals surface area contributed by atoms with E-state index < -0.39 is 0 Å². The van der Waals surface area contributed by atoms with Crippen molar-refractivity contribution in [1.82, 2.24) is 5.06 Å². The fourth-order valence-electron chi connectivity index (χ4n) is 3.49. The third kappa shape index (κ3) is 6.75. The van der Waals surface area contributed by atoms with Crippen molar-refractivity contribution in [2.75, 3.05) is 26.3 Å². The van der Waals surface area contributed by atoms with Gasteiger partial charge in [-0.2, -0.15) is 5.06 Å². The average molecular weight is 399 g/mol. The molecule has 2 aromatic carbocycles. The summed E-state index contributed by atoms with van der Waals surface area (Å²) in [6.45, 7) is 6.89. The molecule has 0 unspecified atom stereocenters. The van der Waals surface area contributed by atoms with E-state index in [2.05, 4.69) is 18.7 Å². The Morgan fingerprint density at radius 1 is 0.966 bits per heavy atom. The molecular formula is C23H30N2O4. The molecule has 2 N–H and O–H groups in total. The molecule has 1 heterocycles. The van der Waals surface area contributed by atoms with Gasteiger partial charge in [0.1, 0.15) is 6.10 Å². The van der Waals surface area contributed by atoms with Crippen molar-refractivity contribution in [3.63, 3.8) is 0 Å². The highest BCUT2D eigenvalue weighted by Crippen LogP contribution is 2.25. The molecule has 6 nitrogen and oxygen atoms in total. The fraction of sp³-hybridized carbons (Fsp3) is 0.391. The number of hydrogen-bond donors (Lipinski definition) is 1. The highest BCUT2D eigenvalue weighted by atomic mass is 16.7. The maximum Gasteiger partial charge on any atom is 0.120 e. The second-order valence-electron chi connectivity index (χ2n) is 7.13. The molecule has 0 aliphatic carbocycles. The molecule has 0 amide bonds. The Kier molecular flexibility index (Phi) is 8.82. The number of ether oxygens (including phenoxy) is 2. The number of piperidine rings is 1. The monoisotopic (exact) mass is 398 g/mol. The van der Waals surface area contributed by atoms with E-state index in [9.17, 15) is 0 Å². The van der Waals surface area contributed by atoms with Crippen molar-refractivity contribution in [2.45, 2.75) is 25.4 Å². The zero-order chi connectivity index (χ0) is 20.3. The Morgan fingerprint density at radius 3 is 2.24 bits per heavy atom. The summed E-state index contributed by atoms with van der Waals surface area (Å²) in [4.78, 5) is 11.0. The summed E-state index contributed by atoms with van der Waals surface area (Å²) in [5.74, 6) is 5.66. The Labute approximate surface area is 172 Å². The van der Waals surface area contributed by atoms with Crippen LogP contribution in [0.5, 0.6) is 0 Å².